The molecule has 15 N–H and O–H groups in total. The molecule has 2 aliphatic heterocycles. The minimum atomic E-state index is -1.85. The number of aliphatic hydroxyl groups is 2. The van der Waals surface area contributed by atoms with Gasteiger partial charge in [-0.3, -0.25) is 52.8 Å². The lowest BCUT2D eigenvalue weighted by Crippen LogP contribution is -2.63. The summed E-state index contributed by atoms with van der Waals surface area (Å²) in [6.07, 6.45) is 1.03. The van der Waals surface area contributed by atoms with Crippen LogP contribution in [-0.2, 0) is 71.9 Å². The number of hydrogen-bond donors (Lipinski definition) is 15. The van der Waals surface area contributed by atoms with E-state index in [0.29, 0.717) is 46.9 Å². The zero-order valence-corrected chi connectivity index (χ0v) is 56.7. The average molecular weight is 1380 g/mol. The quantitative estimate of drug-likeness (QED) is 0.0237. The van der Waals surface area contributed by atoms with E-state index in [0.717, 1.165) is 26.5 Å². The maximum atomic E-state index is 15.2. The van der Waals surface area contributed by atoms with Gasteiger partial charge in [-0.15, -0.1) is 0 Å². The number of aromatic hydroxyl groups is 1. The van der Waals surface area contributed by atoms with Crippen LogP contribution in [0.4, 0.5) is 9.59 Å². The van der Waals surface area contributed by atoms with Gasteiger partial charge in [0.05, 0.1) is 12.2 Å². The minimum absolute atomic E-state index is 0.0445. The number of rotatable bonds is 26. The van der Waals surface area contributed by atoms with Crippen LogP contribution in [0.5, 0.6) is 5.75 Å². The fourth-order valence-electron chi connectivity index (χ4n) is 10.3. The zero-order chi connectivity index (χ0) is 70.8. The van der Waals surface area contributed by atoms with Crippen molar-refractivity contribution in [2.45, 2.75) is 165 Å². The lowest BCUT2D eigenvalue weighted by molar-refractivity contribution is -0.137. The average Bonchev–Trinajstić information content (AvgIpc) is 1.77. The van der Waals surface area contributed by atoms with E-state index in [1.807, 2.05) is 0 Å². The highest BCUT2D eigenvalue weighted by atomic mass is 33.1. The molecule has 526 valence electrons. The first-order valence-electron chi connectivity index (χ1n) is 32.1. The van der Waals surface area contributed by atoms with Crippen molar-refractivity contribution < 1.29 is 77.6 Å². The number of carbonyl (C=O) groups excluding carboxylic acids is 12. The van der Waals surface area contributed by atoms with Crippen LogP contribution in [0, 0.1) is 0 Å². The molecule has 10 atom stereocenters. The van der Waals surface area contributed by atoms with Crippen LogP contribution in [0.1, 0.15) is 96.8 Å². The lowest BCUT2D eigenvalue weighted by Gasteiger charge is -2.29. The van der Waals surface area contributed by atoms with Crippen molar-refractivity contribution in [1.29, 1.82) is 0 Å². The highest BCUT2D eigenvalue weighted by Crippen LogP contribution is 2.25. The number of unbranched alkanes of at least 4 members (excludes halogenated alkanes) is 3. The minimum Gasteiger partial charge on any atom is -0.508 e. The number of nitrogens with zero attached hydrogens (tertiary/aromatic N) is 1. The Morgan fingerprint density at radius 3 is 1.94 bits per heavy atom. The standard InChI is InChI=1S/C66H89N13O16S2/c1-7-67-64(93)76-48(32-40-18-10-8-11-19-40)58(87)74-50-36-96-97-37-51(61(90)77-54(38(2)80)62(91)68-29-15-9-17-31-79-52(83)27-28-53(79)84)75-63(92)55(39(3)81)78-56(85)46(22-14-16-30-69-65(94)95-66(4,5)6)71-59(88)49(34-42-35-70-45-21-13-12-20-44(42)45)73-57(86)47(72-60(50)89)33-41-23-25-43(82)26-24-41/h8,10-13,18-21,23-28,35,38-39,46-51,54-55,70,80-82H,7,9,14-17,22,29-34,36-37H2,1-6H3,(H,68,91)(H,69,94)(H,71,88)(H,72,89)(H,73,86)(H,74,87)(H,75,92)(H,77,90)(H,78,85)(H2,67,76,93)/t38-,39-,46+,47+,48-,49-,50+,51+,54+,55+/m1/s1. The molecule has 0 bridgehead atoms. The Morgan fingerprint density at radius 1 is 0.649 bits per heavy atom. The molecule has 31 heteroatoms. The molecular weight excluding hydrogens is 1290 g/mol. The summed E-state index contributed by atoms with van der Waals surface area (Å²) in [5.41, 5.74) is 1.49. The molecule has 2 aliphatic rings. The van der Waals surface area contributed by atoms with Gasteiger partial charge < -0.3 is 83.5 Å². The van der Waals surface area contributed by atoms with Crippen molar-refractivity contribution in [2.24, 2.45) is 0 Å². The van der Waals surface area contributed by atoms with Crippen molar-refractivity contribution in [3.63, 3.8) is 0 Å². The van der Waals surface area contributed by atoms with Gasteiger partial charge in [0.15, 0.2) is 0 Å². The molecule has 1 saturated heterocycles. The number of fused-ring (bicyclic) bond motifs is 1. The first-order valence-corrected chi connectivity index (χ1v) is 34.6. The Balaban J connectivity index is 1.38. The molecule has 1 aromatic heterocycles. The van der Waals surface area contributed by atoms with Crippen LogP contribution in [0.3, 0.4) is 0 Å². The van der Waals surface area contributed by atoms with E-state index in [1.54, 1.807) is 88.5 Å². The number of ether oxygens (including phenoxy) is 1. The Morgan fingerprint density at radius 2 is 1.27 bits per heavy atom. The summed E-state index contributed by atoms with van der Waals surface area (Å²) in [6.45, 7) is 9.65. The summed E-state index contributed by atoms with van der Waals surface area (Å²) < 4.78 is 5.35. The first-order chi connectivity index (χ1) is 46.2. The van der Waals surface area contributed by atoms with Crippen LogP contribution < -0.4 is 58.5 Å². The smallest absolute Gasteiger partial charge is 0.407 e. The highest BCUT2D eigenvalue weighted by molar-refractivity contribution is 8.76. The largest absolute Gasteiger partial charge is 0.508 e. The number of aromatic nitrogens is 1. The van der Waals surface area contributed by atoms with Crippen LogP contribution in [0.15, 0.2) is 97.2 Å². The number of alkyl carbamates (subject to hydrolysis) is 1. The number of H-pyrrole nitrogens is 1. The van der Waals surface area contributed by atoms with Crippen molar-refractivity contribution in [3.8, 4) is 5.75 Å². The summed E-state index contributed by atoms with van der Waals surface area (Å²) in [5, 5.41) is 62.3. The number of aliphatic hydroxyl groups excluding tert-OH is 2. The third kappa shape index (κ3) is 25.1. The normalized spacial score (nSPS) is 20.5. The van der Waals surface area contributed by atoms with Crippen LogP contribution >= 0.6 is 21.6 Å². The monoisotopic (exact) mass is 1380 g/mol. The third-order valence-electron chi connectivity index (χ3n) is 15.4. The fourth-order valence-corrected chi connectivity index (χ4v) is 12.6. The molecule has 6 rings (SSSR count). The molecule has 0 saturated carbocycles. The summed E-state index contributed by atoms with van der Waals surface area (Å²) in [7, 11) is 1.81. The second kappa shape index (κ2) is 37.9. The molecule has 0 radical (unpaired) electrons. The molecule has 0 aliphatic carbocycles. The maximum Gasteiger partial charge on any atom is 0.407 e. The van der Waals surface area contributed by atoms with E-state index in [1.165, 1.54) is 50.3 Å². The number of urea groups is 1. The SMILES string of the molecule is CCNC(=O)N[C@H](Cc1ccccc1)C(=O)N[C@H]1CSSC[C@@H](C(=O)N[C@H](C(=O)NCCCCCN2C(=O)C=CC2=O)[C@@H](C)O)NC(=O)[C@H]([C@@H](C)O)NC(=O)[C@H](CCCCNC(=O)OC(C)(C)C)NC(=O)[C@@H](Cc2c[nH]c3ccccc23)NC(=O)[C@H](Cc2ccc(O)cc2)NC1=O. The van der Waals surface area contributed by atoms with Crippen molar-refractivity contribution in [1.82, 2.24) is 68.4 Å². The lowest BCUT2D eigenvalue weighted by atomic mass is 10.0. The Kier molecular flexibility index (Phi) is 30.0. The van der Waals surface area contributed by atoms with E-state index < -0.39 is 143 Å². The highest BCUT2D eigenvalue weighted by Gasteiger charge is 2.38. The van der Waals surface area contributed by atoms with Gasteiger partial charge in [-0.2, -0.15) is 0 Å². The van der Waals surface area contributed by atoms with Gasteiger partial charge in [-0.25, -0.2) is 9.59 Å². The predicted octanol–water partition coefficient (Wildman–Crippen LogP) is 1.05. The summed E-state index contributed by atoms with van der Waals surface area (Å²) in [4.78, 5) is 172. The molecular formula is C66H89N13O16S2. The first kappa shape index (κ1) is 76.8. The number of phenolic OH excluding ortho intramolecular Hbond substituents is 1. The number of carbonyl (C=O) groups is 12. The number of phenols is 1. The molecule has 3 heterocycles. The number of benzene rings is 3. The molecule has 0 spiro atoms. The van der Waals surface area contributed by atoms with Crippen LogP contribution in [0.2, 0.25) is 0 Å². The van der Waals surface area contributed by atoms with Gasteiger partial charge in [0.1, 0.15) is 59.7 Å². The predicted molar refractivity (Wildman–Crippen MR) is 363 cm³/mol. The van der Waals surface area contributed by atoms with E-state index in [-0.39, 0.29) is 76.2 Å². The van der Waals surface area contributed by atoms with Crippen LogP contribution in [0.25, 0.3) is 10.9 Å². The second-order valence-electron chi connectivity index (χ2n) is 24.4. The molecule has 4 aromatic rings. The maximum absolute atomic E-state index is 15.2. The second-order valence-corrected chi connectivity index (χ2v) is 27.0. The molecule has 29 nitrogen and oxygen atoms in total. The summed E-state index contributed by atoms with van der Waals surface area (Å²) in [5.74, 6) is -9.29. The molecule has 3 aromatic carbocycles. The van der Waals surface area contributed by atoms with Crippen molar-refractivity contribution >= 4 is 104 Å². The third-order valence-corrected chi connectivity index (χ3v) is 17.8. The summed E-state index contributed by atoms with van der Waals surface area (Å²) in [6, 6.07) is 8.31. The van der Waals surface area contributed by atoms with Gasteiger partial charge in [0.25, 0.3) is 11.8 Å². The van der Waals surface area contributed by atoms with Gasteiger partial charge >= 0.3 is 12.1 Å². The topological polar surface area (TPSA) is 426 Å². The number of hydrogen-bond acceptors (Lipinski definition) is 18. The van der Waals surface area contributed by atoms with Crippen molar-refractivity contribution in [3.05, 3.63) is 114 Å². The zero-order valence-electron chi connectivity index (χ0n) is 55.0. The summed E-state index contributed by atoms with van der Waals surface area (Å²) >= 11 is 0. The van der Waals surface area contributed by atoms with E-state index in [2.05, 4.69) is 63.5 Å². The Bertz CT molecular complexity index is 3400. The Hall–Kier alpha value is -9.20. The number of aromatic amines is 1. The number of para-hydroxylation sites is 1. The number of amides is 13. The molecule has 97 heavy (non-hydrogen) atoms. The van der Waals surface area contributed by atoms with Crippen molar-refractivity contribution in [2.75, 3.05) is 37.7 Å². The Labute approximate surface area is 569 Å². The molecule has 1 fully saturated rings. The van der Waals surface area contributed by atoms with E-state index in [9.17, 15) is 58.5 Å². The fraction of sp³-hybridized carbons (Fsp3) is 0.485. The molecule has 13 amide bonds. The number of imide groups is 1. The van der Waals surface area contributed by atoms with E-state index >= 15 is 14.4 Å². The van der Waals surface area contributed by atoms with Gasteiger partial charge in [0, 0.05) is 86.2 Å². The number of nitrogens with one attached hydrogen (secondary N) is 12. The molecule has 0 unspecified atom stereocenters. The van der Waals surface area contributed by atoms with Gasteiger partial charge in [0.2, 0.25) is 47.3 Å². The van der Waals surface area contributed by atoms with E-state index in [4.69, 9.17) is 4.74 Å². The van der Waals surface area contributed by atoms with Gasteiger partial charge in [-0.1, -0.05) is 82.3 Å². The van der Waals surface area contributed by atoms with Gasteiger partial charge in [-0.05, 0) is 115 Å². The van der Waals surface area contributed by atoms with Crippen LogP contribution in [-0.4, -0.2) is 200 Å².